The Labute approximate surface area is 89.4 Å². The molecule has 5 heteroatoms. The van der Waals surface area contributed by atoms with Gasteiger partial charge in [0.1, 0.15) is 5.72 Å². The smallest absolute Gasteiger partial charge is 0.145 e. The molecule has 0 aromatic rings. The first-order chi connectivity index (χ1) is 7.33. The molecule has 3 rings (SSSR count). The predicted octanol–water partition coefficient (Wildman–Crippen LogP) is -0.919. The molecule has 3 heterocycles. The molecule has 3 fully saturated rings. The van der Waals surface area contributed by atoms with Gasteiger partial charge in [0.25, 0.3) is 0 Å². The second-order valence-corrected chi connectivity index (χ2v) is 4.70. The van der Waals surface area contributed by atoms with Crippen LogP contribution in [0.1, 0.15) is 6.42 Å². The van der Waals surface area contributed by atoms with Crippen molar-refractivity contribution in [3.63, 3.8) is 0 Å². The number of rotatable bonds is 0. The van der Waals surface area contributed by atoms with Crippen LogP contribution in [0.4, 0.5) is 0 Å². The first-order valence-electron chi connectivity index (χ1n) is 5.62. The molecule has 0 amide bonds. The van der Waals surface area contributed by atoms with E-state index in [0.29, 0.717) is 13.2 Å². The predicted molar refractivity (Wildman–Crippen MR) is 53.7 cm³/mol. The fourth-order valence-corrected chi connectivity index (χ4v) is 2.42. The third kappa shape index (κ3) is 1.79. The third-order valence-electron chi connectivity index (χ3n) is 3.48. The standard InChI is InChI=1S/C10H18N2O3/c1-3-13-8-10(1)12-5-9(7-15-10)6-14-4-2-11-9/h11-12H,1-8H2. The number of hydrogen-bond acceptors (Lipinski definition) is 5. The molecule has 3 aliphatic heterocycles. The Morgan fingerprint density at radius 1 is 0.933 bits per heavy atom. The van der Waals surface area contributed by atoms with Crippen LogP contribution in [0.3, 0.4) is 0 Å². The number of nitrogens with one attached hydrogen (secondary N) is 2. The average Bonchev–Trinajstić information content (AvgIpc) is 2.74. The molecular formula is C10H18N2O3. The fraction of sp³-hybridized carbons (Fsp3) is 1.00. The summed E-state index contributed by atoms with van der Waals surface area (Å²) < 4.78 is 16.8. The van der Waals surface area contributed by atoms with Crippen molar-refractivity contribution in [3.05, 3.63) is 0 Å². The van der Waals surface area contributed by atoms with Crippen molar-refractivity contribution in [2.24, 2.45) is 0 Å². The lowest BCUT2D eigenvalue weighted by atomic mass is 9.96. The monoisotopic (exact) mass is 214 g/mol. The second kappa shape index (κ2) is 3.68. The van der Waals surface area contributed by atoms with E-state index >= 15 is 0 Å². The van der Waals surface area contributed by atoms with E-state index in [-0.39, 0.29) is 11.3 Å². The molecule has 0 bridgehead atoms. The molecule has 3 aliphatic rings. The molecule has 86 valence electrons. The van der Waals surface area contributed by atoms with Crippen molar-refractivity contribution in [2.75, 3.05) is 46.1 Å². The Bertz CT molecular complexity index is 223. The molecular weight excluding hydrogens is 196 g/mol. The molecule has 0 aromatic heterocycles. The van der Waals surface area contributed by atoms with Gasteiger partial charge >= 0.3 is 0 Å². The highest BCUT2D eigenvalue weighted by Crippen LogP contribution is 2.27. The lowest BCUT2D eigenvalue weighted by Gasteiger charge is -2.47. The van der Waals surface area contributed by atoms with Gasteiger partial charge in [-0.2, -0.15) is 0 Å². The van der Waals surface area contributed by atoms with E-state index in [1.54, 1.807) is 0 Å². The van der Waals surface area contributed by atoms with Crippen LogP contribution in [0.5, 0.6) is 0 Å². The van der Waals surface area contributed by atoms with E-state index < -0.39 is 0 Å². The first-order valence-corrected chi connectivity index (χ1v) is 5.62. The second-order valence-electron chi connectivity index (χ2n) is 4.70. The van der Waals surface area contributed by atoms with Crippen molar-refractivity contribution < 1.29 is 14.2 Å². The maximum absolute atomic E-state index is 5.94. The minimum atomic E-state index is -0.218. The molecule has 0 radical (unpaired) electrons. The highest BCUT2D eigenvalue weighted by molar-refractivity contribution is 5.00. The number of ether oxygens (including phenoxy) is 3. The van der Waals surface area contributed by atoms with Gasteiger partial charge in [-0.1, -0.05) is 0 Å². The summed E-state index contributed by atoms with van der Waals surface area (Å²) in [5, 5.41) is 6.95. The number of hydrogen-bond donors (Lipinski definition) is 2. The van der Waals surface area contributed by atoms with Crippen LogP contribution >= 0.6 is 0 Å². The van der Waals surface area contributed by atoms with E-state index in [1.165, 1.54) is 0 Å². The summed E-state index contributed by atoms with van der Waals surface area (Å²) >= 11 is 0. The molecule has 2 atom stereocenters. The molecule has 2 N–H and O–H groups in total. The van der Waals surface area contributed by atoms with E-state index in [4.69, 9.17) is 14.2 Å². The van der Waals surface area contributed by atoms with Crippen molar-refractivity contribution in [2.45, 2.75) is 17.7 Å². The lowest BCUT2D eigenvalue weighted by molar-refractivity contribution is -0.149. The van der Waals surface area contributed by atoms with Crippen LogP contribution in [0.2, 0.25) is 0 Å². The van der Waals surface area contributed by atoms with Crippen molar-refractivity contribution in [3.8, 4) is 0 Å². The third-order valence-corrected chi connectivity index (χ3v) is 3.48. The van der Waals surface area contributed by atoms with Crippen LogP contribution in [0, 0.1) is 0 Å². The Balaban J connectivity index is 1.63. The normalized spacial score (nSPS) is 46.4. The van der Waals surface area contributed by atoms with Gasteiger partial charge < -0.3 is 19.5 Å². The van der Waals surface area contributed by atoms with E-state index in [1.807, 2.05) is 0 Å². The molecule has 15 heavy (non-hydrogen) atoms. The van der Waals surface area contributed by atoms with E-state index in [0.717, 1.165) is 39.3 Å². The lowest BCUT2D eigenvalue weighted by Crippen LogP contribution is -2.70. The van der Waals surface area contributed by atoms with Gasteiger partial charge in [-0.15, -0.1) is 0 Å². The van der Waals surface area contributed by atoms with Crippen LogP contribution in [-0.4, -0.2) is 57.4 Å². The van der Waals surface area contributed by atoms with Gasteiger partial charge in [-0.3, -0.25) is 5.32 Å². The van der Waals surface area contributed by atoms with Crippen LogP contribution < -0.4 is 10.6 Å². The summed E-state index contributed by atoms with van der Waals surface area (Å²) in [7, 11) is 0. The maximum atomic E-state index is 5.94. The van der Waals surface area contributed by atoms with Crippen molar-refractivity contribution in [1.29, 1.82) is 0 Å². The quantitative estimate of drug-likeness (QED) is 0.546. The van der Waals surface area contributed by atoms with E-state index in [9.17, 15) is 0 Å². The highest BCUT2D eigenvalue weighted by atomic mass is 16.6. The summed E-state index contributed by atoms with van der Waals surface area (Å²) in [6, 6.07) is 0. The van der Waals surface area contributed by atoms with Gasteiger partial charge in [0.15, 0.2) is 0 Å². The Hall–Kier alpha value is -0.200. The van der Waals surface area contributed by atoms with Crippen molar-refractivity contribution in [1.82, 2.24) is 10.6 Å². The fourth-order valence-electron chi connectivity index (χ4n) is 2.42. The zero-order chi connectivity index (χ0) is 10.2. The minimum absolute atomic E-state index is 0.0217. The Kier molecular flexibility index (Phi) is 2.45. The van der Waals surface area contributed by atoms with Gasteiger partial charge in [0.2, 0.25) is 0 Å². The van der Waals surface area contributed by atoms with Crippen LogP contribution in [0.15, 0.2) is 0 Å². The molecule has 2 spiro atoms. The van der Waals surface area contributed by atoms with Gasteiger partial charge in [0, 0.05) is 19.5 Å². The molecule has 0 aromatic carbocycles. The Morgan fingerprint density at radius 3 is 2.47 bits per heavy atom. The molecule has 2 unspecified atom stereocenters. The summed E-state index contributed by atoms with van der Waals surface area (Å²) in [5.41, 5.74) is -0.240. The van der Waals surface area contributed by atoms with Crippen LogP contribution in [-0.2, 0) is 14.2 Å². The SMILES string of the molecule is C1COCC2(CNC3(CCOC3)OC2)N1. The average molecular weight is 214 g/mol. The molecule has 3 saturated heterocycles. The van der Waals surface area contributed by atoms with Gasteiger partial charge in [-0.05, 0) is 0 Å². The summed E-state index contributed by atoms with van der Waals surface area (Å²) in [5.74, 6) is 0. The van der Waals surface area contributed by atoms with Crippen LogP contribution in [0.25, 0.3) is 0 Å². The largest absolute Gasteiger partial charge is 0.378 e. The van der Waals surface area contributed by atoms with E-state index in [2.05, 4.69) is 10.6 Å². The molecule has 5 nitrogen and oxygen atoms in total. The molecule has 0 saturated carbocycles. The van der Waals surface area contributed by atoms with Gasteiger partial charge in [-0.25, -0.2) is 0 Å². The summed E-state index contributed by atoms with van der Waals surface area (Å²) in [6.07, 6.45) is 0.948. The van der Waals surface area contributed by atoms with Gasteiger partial charge in [0.05, 0.1) is 38.6 Å². The Morgan fingerprint density at radius 2 is 1.87 bits per heavy atom. The topological polar surface area (TPSA) is 51.8 Å². The molecule has 0 aliphatic carbocycles. The summed E-state index contributed by atoms with van der Waals surface area (Å²) in [4.78, 5) is 0. The first kappa shape index (κ1) is 9.99. The zero-order valence-corrected chi connectivity index (χ0v) is 8.88. The number of morpholine rings is 1. The summed E-state index contributed by atoms with van der Waals surface area (Å²) in [6.45, 7) is 5.52. The maximum Gasteiger partial charge on any atom is 0.145 e. The minimum Gasteiger partial charge on any atom is -0.378 e. The zero-order valence-electron chi connectivity index (χ0n) is 8.88. The van der Waals surface area contributed by atoms with Crippen molar-refractivity contribution >= 4 is 0 Å². The highest BCUT2D eigenvalue weighted by Gasteiger charge is 2.46.